The summed E-state index contributed by atoms with van der Waals surface area (Å²) in [5.41, 5.74) is 8.23. The maximum Gasteiger partial charge on any atom is 0.131 e. The van der Waals surface area contributed by atoms with E-state index in [9.17, 15) is 0 Å². The van der Waals surface area contributed by atoms with Crippen LogP contribution >= 0.6 is 0 Å². The standard InChI is InChI=1S/C15H19N3O/c1-10-4-3-5-13-17-14(15(16)18(10)13)11-6-8-12(19-2)9-7-11/h6-10H,3-5,16H2,1-2H3. The van der Waals surface area contributed by atoms with E-state index in [4.69, 9.17) is 15.5 Å². The van der Waals surface area contributed by atoms with Gasteiger partial charge in [-0.05, 0) is 44.0 Å². The molecule has 1 unspecified atom stereocenters. The molecule has 0 saturated heterocycles. The molecule has 2 N–H and O–H groups in total. The highest BCUT2D eigenvalue weighted by molar-refractivity contribution is 5.71. The lowest BCUT2D eigenvalue weighted by Crippen LogP contribution is -2.16. The minimum absolute atomic E-state index is 0.447. The number of nitrogens with two attached hydrogens (primary N) is 1. The van der Waals surface area contributed by atoms with E-state index >= 15 is 0 Å². The quantitative estimate of drug-likeness (QED) is 0.899. The topological polar surface area (TPSA) is 53.1 Å². The molecule has 2 aromatic rings. The molecule has 4 heteroatoms. The number of methoxy groups -OCH3 is 1. The van der Waals surface area contributed by atoms with Crippen LogP contribution in [-0.2, 0) is 6.42 Å². The summed E-state index contributed by atoms with van der Waals surface area (Å²) in [7, 11) is 1.67. The second-order valence-electron chi connectivity index (χ2n) is 5.10. The number of nitrogens with zero attached hydrogens (tertiary/aromatic N) is 2. The maximum atomic E-state index is 6.29. The van der Waals surface area contributed by atoms with Crippen LogP contribution in [0.5, 0.6) is 5.75 Å². The molecule has 100 valence electrons. The highest BCUT2D eigenvalue weighted by Gasteiger charge is 2.23. The zero-order valence-corrected chi connectivity index (χ0v) is 11.4. The summed E-state index contributed by atoms with van der Waals surface area (Å²) >= 11 is 0. The van der Waals surface area contributed by atoms with Gasteiger partial charge < -0.3 is 15.0 Å². The van der Waals surface area contributed by atoms with Crippen molar-refractivity contribution in [3.8, 4) is 17.0 Å². The number of nitrogen functional groups attached to an aromatic ring is 1. The predicted octanol–water partition coefficient (Wildman–Crippen LogP) is 3.04. The molecule has 1 aliphatic heterocycles. The monoisotopic (exact) mass is 257 g/mol. The molecule has 0 spiro atoms. The van der Waals surface area contributed by atoms with E-state index in [2.05, 4.69) is 11.5 Å². The largest absolute Gasteiger partial charge is 0.497 e. The molecule has 3 rings (SSSR count). The van der Waals surface area contributed by atoms with E-state index in [0.717, 1.165) is 35.1 Å². The fourth-order valence-electron chi connectivity index (χ4n) is 2.81. The molecule has 1 atom stereocenters. The molecule has 0 bridgehead atoms. The van der Waals surface area contributed by atoms with Gasteiger partial charge >= 0.3 is 0 Å². The van der Waals surface area contributed by atoms with Crippen molar-refractivity contribution in [2.24, 2.45) is 0 Å². The Hall–Kier alpha value is -1.97. The molecule has 1 aliphatic rings. The van der Waals surface area contributed by atoms with Crippen LogP contribution in [-0.4, -0.2) is 16.7 Å². The number of hydrogen-bond donors (Lipinski definition) is 1. The van der Waals surface area contributed by atoms with Crippen LogP contribution in [0.2, 0.25) is 0 Å². The van der Waals surface area contributed by atoms with E-state index < -0.39 is 0 Å². The van der Waals surface area contributed by atoms with Crippen molar-refractivity contribution in [3.63, 3.8) is 0 Å². The van der Waals surface area contributed by atoms with E-state index in [1.165, 1.54) is 12.8 Å². The van der Waals surface area contributed by atoms with Gasteiger partial charge in [0.1, 0.15) is 23.1 Å². The van der Waals surface area contributed by atoms with Gasteiger partial charge in [-0.25, -0.2) is 4.98 Å². The van der Waals surface area contributed by atoms with Crippen molar-refractivity contribution in [1.29, 1.82) is 0 Å². The van der Waals surface area contributed by atoms with Crippen molar-refractivity contribution >= 4 is 5.82 Å². The number of benzene rings is 1. The summed E-state index contributed by atoms with van der Waals surface area (Å²) < 4.78 is 7.36. The van der Waals surface area contributed by atoms with Crippen molar-refractivity contribution in [2.45, 2.75) is 32.2 Å². The summed E-state index contributed by atoms with van der Waals surface area (Å²) in [5, 5.41) is 0. The minimum Gasteiger partial charge on any atom is -0.497 e. The number of fused-ring (bicyclic) bond motifs is 1. The van der Waals surface area contributed by atoms with Crippen LogP contribution < -0.4 is 10.5 Å². The molecule has 2 heterocycles. The Balaban J connectivity index is 2.05. The Morgan fingerprint density at radius 2 is 2.05 bits per heavy atom. The average molecular weight is 257 g/mol. The molecule has 4 nitrogen and oxygen atoms in total. The van der Waals surface area contributed by atoms with E-state index in [1.807, 2.05) is 24.3 Å². The van der Waals surface area contributed by atoms with Crippen LogP contribution in [0.15, 0.2) is 24.3 Å². The second kappa shape index (κ2) is 4.61. The normalized spacial score (nSPS) is 18.1. The summed E-state index contributed by atoms with van der Waals surface area (Å²) in [5.74, 6) is 2.74. The van der Waals surface area contributed by atoms with Crippen molar-refractivity contribution in [3.05, 3.63) is 30.1 Å². The number of anilines is 1. The third-order valence-electron chi connectivity index (χ3n) is 3.85. The first-order valence-electron chi connectivity index (χ1n) is 6.71. The first-order chi connectivity index (χ1) is 9.20. The molecule has 1 aromatic heterocycles. The number of rotatable bonds is 2. The number of aryl methyl sites for hydroxylation is 1. The van der Waals surface area contributed by atoms with E-state index in [0.29, 0.717) is 6.04 Å². The highest BCUT2D eigenvalue weighted by Crippen LogP contribution is 2.34. The fourth-order valence-corrected chi connectivity index (χ4v) is 2.81. The molecule has 0 saturated carbocycles. The Morgan fingerprint density at radius 1 is 1.32 bits per heavy atom. The molecular weight excluding hydrogens is 238 g/mol. The molecule has 19 heavy (non-hydrogen) atoms. The molecule has 0 aliphatic carbocycles. The smallest absolute Gasteiger partial charge is 0.131 e. The summed E-state index contributed by atoms with van der Waals surface area (Å²) in [6.07, 6.45) is 3.39. The van der Waals surface area contributed by atoms with Gasteiger partial charge in [-0.3, -0.25) is 0 Å². The molecule has 0 radical (unpaired) electrons. The van der Waals surface area contributed by atoms with Gasteiger partial charge in [0, 0.05) is 18.0 Å². The fraction of sp³-hybridized carbons (Fsp3) is 0.400. The van der Waals surface area contributed by atoms with Gasteiger partial charge in [0.25, 0.3) is 0 Å². The number of aromatic nitrogens is 2. The number of hydrogen-bond acceptors (Lipinski definition) is 3. The van der Waals surface area contributed by atoms with Crippen LogP contribution in [0.4, 0.5) is 5.82 Å². The van der Waals surface area contributed by atoms with Crippen molar-refractivity contribution in [2.75, 3.05) is 12.8 Å². The first-order valence-corrected chi connectivity index (χ1v) is 6.71. The second-order valence-corrected chi connectivity index (χ2v) is 5.10. The SMILES string of the molecule is COc1ccc(-c2nc3n(c2N)C(C)CCC3)cc1. The van der Waals surface area contributed by atoms with E-state index in [-0.39, 0.29) is 0 Å². The molecule has 0 amide bonds. The molecule has 0 fully saturated rings. The summed E-state index contributed by atoms with van der Waals surface area (Å²) in [6.45, 7) is 2.21. The lowest BCUT2D eigenvalue weighted by Gasteiger charge is -2.22. The zero-order valence-electron chi connectivity index (χ0n) is 11.4. The number of imidazole rings is 1. The predicted molar refractivity (Wildman–Crippen MR) is 76.3 cm³/mol. The average Bonchev–Trinajstić information content (AvgIpc) is 2.78. The molecular formula is C15H19N3O. The summed E-state index contributed by atoms with van der Waals surface area (Å²) in [6, 6.07) is 8.35. The van der Waals surface area contributed by atoms with Crippen LogP contribution in [0, 0.1) is 0 Å². The summed E-state index contributed by atoms with van der Waals surface area (Å²) in [4.78, 5) is 4.72. The highest BCUT2D eigenvalue weighted by atomic mass is 16.5. The maximum absolute atomic E-state index is 6.29. The Morgan fingerprint density at radius 3 is 2.68 bits per heavy atom. The van der Waals surface area contributed by atoms with Crippen molar-refractivity contribution in [1.82, 2.24) is 9.55 Å². The van der Waals surface area contributed by atoms with Crippen LogP contribution in [0.25, 0.3) is 11.3 Å². The Labute approximate surface area is 113 Å². The van der Waals surface area contributed by atoms with Crippen LogP contribution in [0.3, 0.4) is 0 Å². The molecule has 1 aromatic carbocycles. The minimum atomic E-state index is 0.447. The first kappa shape index (κ1) is 12.1. The third kappa shape index (κ3) is 1.97. The lowest BCUT2D eigenvalue weighted by atomic mass is 10.1. The Kier molecular flexibility index (Phi) is 2.93. The van der Waals surface area contributed by atoms with Crippen molar-refractivity contribution < 1.29 is 4.74 Å². The van der Waals surface area contributed by atoms with Gasteiger partial charge in [-0.1, -0.05) is 0 Å². The van der Waals surface area contributed by atoms with Gasteiger partial charge in [0.05, 0.1) is 7.11 Å². The number of ether oxygens (including phenoxy) is 1. The lowest BCUT2D eigenvalue weighted by molar-refractivity contribution is 0.415. The van der Waals surface area contributed by atoms with Gasteiger partial charge in [-0.15, -0.1) is 0 Å². The van der Waals surface area contributed by atoms with Crippen LogP contribution in [0.1, 0.15) is 31.6 Å². The third-order valence-corrected chi connectivity index (χ3v) is 3.85. The Bertz CT molecular complexity index is 586. The van der Waals surface area contributed by atoms with Gasteiger partial charge in [-0.2, -0.15) is 0 Å². The van der Waals surface area contributed by atoms with Gasteiger partial charge in [0.2, 0.25) is 0 Å². The zero-order chi connectivity index (χ0) is 13.4. The van der Waals surface area contributed by atoms with Gasteiger partial charge in [0.15, 0.2) is 0 Å². The van der Waals surface area contributed by atoms with E-state index in [1.54, 1.807) is 7.11 Å².